The lowest BCUT2D eigenvalue weighted by atomic mass is 10.2. The molecule has 8 heteroatoms. The third kappa shape index (κ3) is 2.23. The van der Waals surface area contributed by atoms with Crippen molar-refractivity contribution in [1.82, 2.24) is 14.8 Å². The molecule has 0 aliphatic carbocycles. The molecular formula is C12H14N6OS. The average molecular weight is 290 g/mol. The molecule has 1 aliphatic rings. The van der Waals surface area contributed by atoms with Gasteiger partial charge in [-0.1, -0.05) is 5.10 Å². The fraction of sp³-hybridized carbons (Fsp3) is 0.333. The fourth-order valence-corrected chi connectivity index (χ4v) is 2.46. The summed E-state index contributed by atoms with van der Waals surface area (Å²) in [4.78, 5) is 0. The molecule has 0 unspecified atom stereocenters. The van der Waals surface area contributed by atoms with Gasteiger partial charge < -0.3 is 10.5 Å². The summed E-state index contributed by atoms with van der Waals surface area (Å²) in [6, 6.07) is 5.78. The van der Waals surface area contributed by atoms with Gasteiger partial charge in [0.25, 0.3) is 0 Å². The maximum absolute atomic E-state index is 5.86. The first kappa shape index (κ1) is 12.9. The zero-order valence-electron chi connectivity index (χ0n) is 11.1. The predicted octanol–water partition coefficient (Wildman–Crippen LogP) is 2.84. The molecule has 2 heterocycles. The molecular weight excluding hydrogens is 276 g/mol. The van der Waals surface area contributed by atoms with Gasteiger partial charge in [-0.15, -0.1) is 5.10 Å². The van der Waals surface area contributed by atoms with E-state index in [9.17, 15) is 0 Å². The highest BCUT2D eigenvalue weighted by molar-refractivity contribution is 7.58. The van der Waals surface area contributed by atoms with Crippen LogP contribution in [-0.4, -0.2) is 14.8 Å². The molecule has 7 nitrogen and oxygen atoms in total. The number of hydrogen-bond acceptors (Lipinski definition) is 6. The molecule has 3 rings (SSSR count). The van der Waals surface area contributed by atoms with Crippen LogP contribution in [0.4, 0.5) is 11.4 Å². The molecule has 1 aromatic heterocycles. The van der Waals surface area contributed by atoms with E-state index >= 15 is 0 Å². The maximum atomic E-state index is 5.86. The Morgan fingerprint density at radius 2 is 2.10 bits per heavy atom. The van der Waals surface area contributed by atoms with E-state index in [1.165, 1.54) is 11.4 Å². The van der Waals surface area contributed by atoms with Crippen molar-refractivity contribution in [2.24, 2.45) is 14.5 Å². The largest absolute Gasteiger partial charge is 0.424 e. The van der Waals surface area contributed by atoms with Crippen LogP contribution in [0.15, 0.2) is 26.9 Å². The van der Waals surface area contributed by atoms with E-state index in [0.717, 1.165) is 11.4 Å². The Morgan fingerprint density at radius 3 is 2.85 bits per heavy atom. The van der Waals surface area contributed by atoms with Gasteiger partial charge in [0.1, 0.15) is 17.1 Å². The number of nitrogens with zero attached hydrogens (tertiary/aromatic N) is 5. The lowest BCUT2D eigenvalue weighted by Gasteiger charge is -2.10. The number of nitrogens with two attached hydrogens (primary N) is 1. The van der Waals surface area contributed by atoms with Crippen molar-refractivity contribution in [3.63, 3.8) is 0 Å². The van der Waals surface area contributed by atoms with E-state index in [2.05, 4.69) is 18.9 Å². The van der Waals surface area contributed by atoms with E-state index in [-0.39, 0.29) is 6.04 Å². The highest BCUT2D eigenvalue weighted by atomic mass is 32.1. The van der Waals surface area contributed by atoms with E-state index in [4.69, 9.17) is 10.5 Å². The Labute approximate surface area is 119 Å². The lowest BCUT2D eigenvalue weighted by molar-refractivity contribution is 0.409. The number of fused-ring (bicyclic) bond motifs is 1. The summed E-state index contributed by atoms with van der Waals surface area (Å²) in [6.07, 6.45) is 0. The van der Waals surface area contributed by atoms with Crippen molar-refractivity contribution >= 4 is 22.7 Å². The molecule has 1 aliphatic heterocycles. The van der Waals surface area contributed by atoms with Crippen LogP contribution in [0.1, 0.15) is 25.7 Å². The van der Waals surface area contributed by atoms with Gasteiger partial charge >= 0.3 is 6.01 Å². The maximum Gasteiger partial charge on any atom is 0.322 e. The number of aromatic nitrogens is 3. The van der Waals surface area contributed by atoms with Crippen molar-refractivity contribution < 1.29 is 4.74 Å². The highest BCUT2D eigenvalue weighted by Gasteiger charge is 2.16. The monoisotopic (exact) mass is 290 g/mol. The quantitative estimate of drug-likeness (QED) is 0.799. The van der Waals surface area contributed by atoms with Crippen LogP contribution in [0.25, 0.3) is 0 Å². The van der Waals surface area contributed by atoms with Crippen molar-refractivity contribution in [1.29, 1.82) is 0 Å². The van der Waals surface area contributed by atoms with Crippen LogP contribution >= 0.6 is 0 Å². The Kier molecular flexibility index (Phi) is 3.33. The second-order valence-electron chi connectivity index (χ2n) is 4.39. The van der Waals surface area contributed by atoms with Crippen LogP contribution in [0.5, 0.6) is 11.8 Å². The number of rotatable bonds is 4. The van der Waals surface area contributed by atoms with E-state index in [0.29, 0.717) is 24.1 Å². The van der Waals surface area contributed by atoms with E-state index in [1.807, 2.05) is 36.6 Å². The minimum atomic E-state index is -0.190. The van der Waals surface area contributed by atoms with Gasteiger partial charge in [0.15, 0.2) is 5.82 Å². The number of benzene rings is 1. The molecule has 2 N–H and O–H groups in total. The summed E-state index contributed by atoms with van der Waals surface area (Å²) < 4.78 is 16.0. The molecule has 2 aromatic rings. The second kappa shape index (κ2) is 5.14. The van der Waals surface area contributed by atoms with Crippen LogP contribution in [0.3, 0.4) is 0 Å². The second-order valence-corrected chi connectivity index (χ2v) is 4.92. The fourth-order valence-electron chi connectivity index (χ4n) is 1.94. The summed E-state index contributed by atoms with van der Waals surface area (Å²) >= 11 is 1.18. The van der Waals surface area contributed by atoms with Gasteiger partial charge in [-0.3, -0.25) is 4.57 Å². The Bertz CT molecular complexity index is 717. The lowest BCUT2D eigenvalue weighted by Crippen LogP contribution is -2.13. The number of hydrogen-bond donors (Lipinski definition) is 1. The molecule has 0 saturated carbocycles. The standard InChI is InChI=1S/C12H14N6OS/c1-3-18-11(7(2)13)14-15-12(18)19-8-4-5-9-10(6-8)17-20-16-9/h4-7H,3,13H2,1-2H3/t7-/m1/s1. The summed E-state index contributed by atoms with van der Waals surface area (Å²) in [6.45, 7) is 4.56. The van der Waals surface area contributed by atoms with Crippen molar-refractivity contribution in [3.05, 3.63) is 24.0 Å². The SMILES string of the molecule is CCn1c(Oc2ccc3c(c2)N=S=N3)nnc1[C@@H](C)N. The van der Waals surface area contributed by atoms with Gasteiger partial charge in [0, 0.05) is 12.6 Å². The van der Waals surface area contributed by atoms with Gasteiger partial charge in [-0.05, 0) is 26.0 Å². The van der Waals surface area contributed by atoms with Crippen LogP contribution in [-0.2, 0) is 17.9 Å². The molecule has 0 saturated heterocycles. The van der Waals surface area contributed by atoms with Crippen LogP contribution in [0, 0.1) is 0 Å². The van der Waals surface area contributed by atoms with Gasteiger partial charge in [-0.25, -0.2) is 0 Å². The van der Waals surface area contributed by atoms with Crippen LogP contribution < -0.4 is 10.5 Å². The zero-order chi connectivity index (χ0) is 14.1. The minimum Gasteiger partial charge on any atom is -0.424 e. The van der Waals surface area contributed by atoms with Crippen molar-refractivity contribution in [2.45, 2.75) is 26.4 Å². The summed E-state index contributed by atoms with van der Waals surface area (Å²) in [5, 5.41) is 8.12. The third-order valence-corrected chi connectivity index (χ3v) is 3.46. The highest BCUT2D eigenvalue weighted by Crippen LogP contribution is 2.36. The van der Waals surface area contributed by atoms with E-state index < -0.39 is 0 Å². The van der Waals surface area contributed by atoms with Crippen molar-refractivity contribution in [2.75, 3.05) is 0 Å². The predicted molar refractivity (Wildman–Crippen MR) is 76.4 cm³/mol. The van der Waals surface area contributed by atoms with Crippen LogP contribution in [0.2, 0.25) is 0 Å². The Hall–Kier alpha value is -2.06. The molecule has 0 radical (unpaired) electrons. The summed E-state index contributed by atoms with van der Waals surface area (Å²) in [7, 11) is 0. The number of ether oxygens (including phenoxy) is 1. The summed E-state index contributed by atoms with van der Waals surface area (Å²) in [5.74, 6) is 1.36. The summed E-state index contributed by atoms with van der Waals surface area (Å²) in [5.41, 5.74) is 7.53. The molecule has 20 heavy (non-hydrogen) atoms. The minimum absolute atomic E-state index is 0.190. The first-order valence-electron chi connectivity index (χ1n) is 6.28. The topological polar surface area (TPSA) is 90.7 Å². The van der Waals surface area contributed by atoms with Gasteiger partial charge in [0.05, 0.1) is 17.4 Å². The smallest absolute Gasteiger partial charge is 0.322 e. The van der Waals surface area contributed by atoms with Crippen molar-refractivity contribution in [3.8, 4) is 11.8 Å². The first-order valence-corrected chi connectivity index (χ1v) is 7.01. The molecule has 1 atom stereocenters. The van der Waals surface area contributed by atoms with Gasteiger partial charge in [0.2, 0.25) is 0 Å². The Morgan fingerprint density at radius 1 is 1.30 bits per heavy atom. The van der Waals surface area contributed by atoms with Gasteiger partial charge in [-0.2, -0.15) is 8.73 Å². The molecule has 0 amide bonds. The Balaban J connectivity index is 1.90. The third-order valence-electron chi connectivity index (χ3n) is 2.90. The first-order chi connectivity index (χ1) is 9.69. The normalized spacial score (nSPS) is 13.9. The molecule has 1 aromatic carbocycles. The zero-order valence-corrected chi connectivity index (χ0v) is 12.0. The molecule has 0 fully saturated rings. The molecule has 104 valence electrons. The molecule has 0 bridgehead atoms. The van der Waals surface area contributed by atoms with E-state index in [1.54, 1.807) is 0 Å². The molecule has 0 spiro atoms. The average Bonchev–Trinajstić information content (AvgIpc) is 3.04.